The fourth-order valence-corrected chi connectivity index (χ4v) is 3.09. The molecule has 2 heterocycles. The molecule has 2 rings (SSSR count). The first-order chi connectivity index (χ1) is 8.74. The zero-order valence-electron chi connectivity index (χ0n) is 10.3. The van der Waals surface area contributed by atoms with Crippen LogP contribution in [0.4, 0.5) is 0 Å². The molecule has 5 heteroatoms. The summed E-state index contributed by atoms with van der Waals surface area (Å²) in [6.45, 7) is 2.66. The first-order valence-corrected chi connectivity index (χ1v) is 7.70. The van der Waals surface area contributed by atoms with E-state index in [4.69, 9.17) is 0 Å². The lowest BCUT2D eigenvalue weighted by atomic mass is 10.2. The van der Waals surface area contributed by atoms with E-state index in [2.05, 4.69) is 16.4 Å². The largest absolute Gasteiger partial charge is 0.356 e. The minimum absolute atomic E-state index is 0.122. The van der Waals surface area contributed by atoms with E-state index in [0.717, 1.165) is 23.5 Å². The maximum atomic E-state index is 11.6. The molecule has 3 nitrogen and oxygen atoms in total. The fraction of sp³-hybridized carbons (Fsp3) is 0.385. The van der Waals surface area contributed by atoms with Gasteiger partial charge in [0.05, 0.1) is 5.01 Å². The fourth-order valence-electron chi connectivity index (χ4n) is 1.61. The van der Waals surface area contributed by atoms with Gasteiger partial charge in [0.15, 0.2) is 0 Å². The van der Waals surface area contributed by atoms with Crippen LogP contribution in [0.3, 0.4) is 0 Å². The Balaban J connectivity index is 1.63. The van der Waals surface area contributed by atoms with Crippen molar-refractivity contribution in [2.75, 3.05) is 6.54 Å². The third-order valence-corrected chi connectivity index (χ3v) is 4.47. The standard InChI is InChI=1S/C13H16N2OS2/c1-10-9-18-13(15-10)6-7-14-12(16)5-4-11-3-2-8-17-11/h2-3,8-9H,4-7H2,1H3,(H,14,16). The molecule has 18 heavy (non-hydrogen) atoms. The molecule has 0 radical (unpaired) electrons. The summed E-state index contributed by atoms with van der Waals surface area (Å²) in [4.78, 5) is 17.2. The van der Waals surface area contributed by atoms with E-state index in [-0.39, 0.29) is 5.91 Å². The third-order valence-electron chi connectivity index (χ3n) is 2.51. The van der Waals surface area contributed by atoms with Gasteiger partial charge < -0.3 is 5.32 Å². The molecule has 0 atom stereocenters. The van der Waals surface area contributed by atoms with Gasteiger partial charge >= 0.3 is 0 Å². The summed E-state index contributed by atoms with van der Waals surface area (Å²) in [5.74, 6) is 0.122. The molecule has 0 aliphatic heterocycles. The molecular formula is C13H16N2OS2. The maximum absolute atomic E-state index is 11.6. The highest BCUT2D eigenvalue weighted by molar-refractivity contribution is 7.10. The highest BCUT2D eigenvalue weighted by Crippen LogP contribution is 2.11. The van der Waals surface area contributed by atoms with Crippen LogP contribution in [0.15, 0.2) is 22.9 Å². The second kappa shape index (κ2) is 6.66. The predicted octanol–water partition coefficient (Wildman–Crippen LogP) is 2.80. The molecule has 1 N–H and O–H groups in total. The molecule has 0 saturated carbocycles. The average Bonchev–Trinajstić information content (AvgIpc) is 2.98. The number of carbonyl (C=O) groups is 1. The van der Waals surface area contributed by atoms with Crippen LogP contribution in [0.5, 0.6) is 0 Å². The molecule has 0 bridgehead atoms. The van der Waals surface area contributed by atoms with Gasteiger partial charge in [-0.3, -0.25) is 4.79 Å². The summed E-state index contributed by atoms with van der Waals surface area (Å²) < 4.78 is 0. The Kier molecular flexibility index (Phi) is 4.90. The Morgan fingerprint density at radius 1 is 1.39 bits per heavy atom. The number of nitrogens with one attached hydrogen (secondary N) is 1. The van der Waals surface area contributed by atoms with Crippen molar-refractivity contribution in [3.05, 3.63) is 38.5 Å². The van der Waals surface area contributed by atoms with E-state index in [9.17, 15) is 4.79 Å². The van der Waals surface area contributed by atoms with Crippen molar-refractivity contribution in [2.24, 2.45) is 0 Å². The van der Waals surface area contributed by atoms with E-state index in [1.807, 2.05) is 23.8 Å². The Morgan fingerprint density at radius 2 is 2.28 bits per heavy atom. The van der Waals surface area contributed by atoms with Gasteiger partial charge in [0.1, 0.15) is 0 Å². The summed E-state index contributed by atoms with van der Waals surface area (Å²) in [5.41, 5.74) is 1.05. The minimum atomic E-state index is 0.122. The number of hydrogen-bond donors (Lipinski definition) is 1. The lowest BCUT2D eigenvalue weighted by molar-refractivity contribution is -0.121. The van der Waals surface area contributed by atoms with Crippen molar-refractivity contribution in [3.63, 3.8) is 0 Å². The number of nitrogens with zero attached hydrogens (tertiary/aromatic N) is 1. The van der Waals surface area contributed by atoms with Crippen molar-refractivity contribution in [3.8, 4) is 0 Å². The van der Waals surface area contributed by atoms with E-state index in [1.54, 1.807) is 22.7 Å². The number of rotatable bonds is 6. The van der Waals surface area contributed by atoms with Crippen LogP contribution in [0.25, 0.3) is 0 Å². The summed E-state index contributed by atoms with van der Waals surface area (Å²) >= 11 is 3.35. The van der Waals surface area contributed by atoms with Crippen LogP contribution in [-0.2, 0) is 17.6 Å². The highest BCUT2D eigenvalue weighted by atomic mass is 32.1. The van der Waals surface area contributed by atoms with Gasteiger partial charge in [-0.2, -0.15) is 0 Å². The van der Waals surface area contributed by atoms with E-state index in [1.165, 1.54) is 4.88 Å². The van der Waals surface area contributed by atoms with Gasteiger partial charge in [-0.05, 0) is 24.8 Å². The molecular weight excluding hydrogens is 264 g/mol. The molecule has 2 aromatic heterocycles. The molecule has 0 fully saturated rings. The van der Waals surface area contributed by atoms with E-state index >= 15 is 0 Å². The number of hydrogen-bond acceptors (Lipinski definition) is 4. The summed E-state index contributed by atoms with van der Waals surface area (Å²) in [6, 6.07) is 4.08. The van der Waals surface area contributed by atoms with Crippen molar-refractivity contribution < 1.29 is 4.79 Å². The van der Waals surface area contributed by atoms with Gasteiger partial charge in [-0.1, -0.05) is 6.07 Å². The number of thiazole rings is 1. The van der Waals surface area contributed by atoms with Crippen molar-refractivity contribution in [1.29, 1.82) is 0 Å². The van der Waals surface area contributed by atoms with Gasteiger partial charge in [-0.15, -0.1) is 22.7 Å². The van der Waals surface area contributed by atoms with Crippen LogP contribution in [0.2, 0.25) is 0 Å². The molecule has 0 unspecified atom stereocenters. The Hall–Kier alpha value is -1.20. The number of amides is 1. The van der Waals surface area contributed by atoms with Crippen molar-refractivity contribution >= 4 is 28.6 Å². The topological polar surface area (TPSA) is 42.0 Å². The average molecular weight is 280 g/mol. The Morgan fingerprint density at radius 3 is 2.94 bits per heavy atom. The number of aromatic nitrogens is 1. The van der Waals surface area contributed by atoms with Crippen LogP contribution in [0, 0.1) is 6.92 Å². The molecule has 1 amide bonds. The SMILES string of the molecule is Cc1csc(CCNC(=O)CCc2cccs2)n1. The zero-order valence-corrected chi connectivity index (χ0v) is 11.9. The predicted molar refractivity (Wildman–Crippen MR) is 76.2 cm³/mol. The Labute approximate surface area is 115 Å². The Bertz CT molecular complexity index is 491. The van der Waals surface area contributed by atoms with Crippen LogP contribution >= 0.6 is 22.7 Å². The smallest absolute Gasteiger partial charge is 0.220 e. The molecule has 96 valence electrons. The summed E-state index contributed by atoms with van der Waals surface area (Å²) in [5, 5.41) is 8.10. The summed E-state index contributed by atoms with van der Waals surface area (Å²) in [6.07, 6.45) is 2.22. The zero-order chi connectivity index (χ0) is 12.8. The maximum Gasteiger partial charge on any atom is 0.220 e. The monoisotopic (exact) mass is 280 g/mol. The first-order valence-electron chi connectivity index (χ1n) is 5.94. The lowest BCUT2D eigenvalue weighted by Gasteiger charge is -2.02. The summed E-state index contributed by atoms with van der Waals surface area (Å²) in [7, 11) is 0. The molecule has 0 aliphatic carbocycles. The van der Waals surface area contributed by atoms with Crippen LogP contribution in [-0.4, -0.2) is 17.4 Å². The number of thiophene rings is 1. The minimum Gasteiger partial charge on any atom is -0.356 e. The van der Waals surface area contributed by atoms with Crippen molar-refractivity contribution in [1.82, 2.24) is 10.3 Å². The van der Waals surface area contributed by atoms with Gasteiger partial charge in [-0.25, -0.2) is 4.98 Å². The number of carbonyl (C=O) groups excluding carboxylic acids is 1. The van der Waals surface area contributed by atoms with Gasteiger partial charge in [0, 0.05) is 35.3 Å². The molecule has 0 aromatic carbocycles. The van der Waals surface area contributed by atoms with Crippen molar-refractivity contribution in [2.45, 2.75) is 26.2 Å². The molecule has 2 aromatic rings. The molecule has 0 spiro atoms. The van der Waals surface area contributed by atoms with Gasteiger partial charge in [0.2, 0.25) is 5.91 Å². The normalized spacial score (nSPS) is 10.5. The van der Waals surface area contributed by atoms with Crippen LogP contribution in [0.1, 0.15) is 22.0 Å². The molecule has 0 saturated heterocycles. The lowest BCUT2D eigenvalue weighted by Crippen LogP contribution is -2.25. The quantitative estimate of drug-likeness (QED) is 0.884. The first kappa shape index (κ1) is 13.2. The van der Waals surface area contributed by atoms with E-state index in [0.29, 0.717) is 13.0 Å². The van der Waals surface area contributed by atoms with E-state index < -0.39 is 0 Å². The highest BCUT2D eigenvalue weighted by Gasteiger charge is 2.03. The molecule has 0 aliphatic rings. The van der Waals surface area contributed by atoms with Crippen LogP contribution < -0.4 is 5.32 Å². The second-order valence-electron chi connectivity index (χ2n) is 4.06. The van der Waals surface area contributed by atoms with Gasteiger partial charge in [0.25, 0.3) is 0 Å². The second-order valence-corrected chi connectivity index (χ2v) is 6.04. The number of aryl methyl sites for hydroxylation is 2. The third kappa shape index (κ3) is 4.23.